The fourth-order valence-electron chi connectivity index (χ4n) is 1.79. The summed E-state index contributed by atoms with van der Waals surface area (Å²) in [6.07, 6.45) is 0. The first-order chi connectivity index (χ1) is 9.41. The van der Waals surface area contributed by atoms with E-state index in [-0.39, 0.29) is 10.8 Å². The number of carboxylic acids is 1. The maximum atomic E-state index is 12.3. The van der Waals surface area contributed by atoms with Crippen LogP contribution < -0.4 is 5.32 Å². The maximum Gasteiger partial charge on any atom is 0.348 e. The number of halogens is 1. The molecule has 6 heteroatoms. The monoisotopic (exact) mass is 309 g/mol. The predicted molar refractivity (Wildman–Crippen MR) is 80.2 cm³/mol. The molecule has 0 atom stereocenters. The van der Waals surface area contributed by atoms with Crippen LogP contribution in [0, 0.1) is 13.8 Å². The van der Waals surface area contributed by atoms with E-state index in [1.165, 1.54) is 0 Å². The Balaban J connectivity index is 2.35. The van der Waals surface area contributed by atoms with Crippen LogP contribution in [-0.4, -0.2) is 17.0 Å². The second-order valence-electron chi connectivity index (χ2n) is 4.29. The molecule has 0 saturated carbocycles. The Labute approximate surface area is 125 Å². The first kappa shape index (κ1) is 14.6. The smallest absolute Gasteiger partial charge is 0.348 e. The summed E-state index contributed by atoms with van der Waals surface area (Å²) in [6, 6.07) is 5.04. The van der Waals surface area contributed by atoms with E-state index in [0.717, 1.165) is 16.9 Å². The van der Waals surface area contributed by atoms with Crippen LogP contribution in [0.2, 0.25) is 5.02 Å². The van der Waals surface area contributed by atoms with Crippen LogP contribution in [0.15, 0.2) is 23.6 Å². The van der Waals surface area contributed by atoms with Crippen molar-refractivity contribution >= 4 is 40.5 Å². The first-order valence-electron chi connectivity index (χ1n) is 5.79. The number of carbonyl (C=O) groups is 2. The molecule has 0 fully saturated rings. The molecule has 0 spiro atoms. The molecule has 1 aromatic carbocycles. The predicted octanol–water partition coefficient (Wildman–Crippen LogP) is 3.97. The number of nitrogens with one attached hydrogen (secondary N) is 1. The zero-order chi connectivity index (χ0) is 14.9. The maximum absolute atomic E-state index is 12.3. The standard InChI is InChI=1S/C14H12ClNO3S/c1-7-6-20-12(14(18)19)11(7)16-13(17)9-4-3-5-10(15)8(9)2/h3-6H,1-2H3,(H,16,17)(H,18,19). The van der Waals surface area contributed by atoms with Gasteiger partial charge in [-0.1, -0.05) is 17.7 Å². The summed E-state index contributed by atoms with van der Waals surface area (Å²) in [4.78, 5) is 23.5. The van der Waals surface area contributed by atoms with Gasteiger partial charge >= 0.3 is 5.97 Å². The van der Waals surface area contributed by atoms with Crippen LogP contribution in [0.3, 0.4) is 0 Å². The number of benzene rings is 1. The minimum absolute atomic E-state index is 0.121. The van der Waals surface area contributed by atoms with Gasteiger partial charge in [-0.15, -0.1) is 11.3 Å². The number of thiophene rings is 1. The molecule has 0 aliphatic rings. The van der Waals surface area contributed by atoms with Gasteiger partial charge in [-0.05, 0) is 42.5 Å². The third kappa shape index (κ3) is 2.69. The molecule has 0 unspecified atom stereocenters. The SMILES string of the molecule is Cc1csc(C(=O)O)c1NC(=O)c1cccc(Cl)c1C. The molecule has 0 saturated heterocycles. The highest BCUT2D eigenvalue weighted by molar-refractivity contribution is 7.12. The van der Waals surface area contributed by atoms with Gasteiger partial charge in [0.05, 0.1) is 5.69 Å². The van der Waals surface area contributed by atoms with Crippen LogP contribution in [0.25, 0.3) is 0 Å². The van der Waals surface area contributed by atoms with Gasteiger partial charge in [-0.3, -0.25) is 4.79 Å². The summed E-state index contributed by atoms with van der Waals surface area (Å²) in [7, 11) is 0. The second kappa shape index (κ2) is 5.64. The number of carbonyl (C=O) groups excluding carboxylic acids is 1. The fraction of sp³-hybridized carbons (Fsp3) is 0.143. The number of anilines is 1. The lowest BCUT2D eigenvalue weighted by Gasteiger charge is -2.09. The highest BCUT2D eigenvalue weighted by Crippen LogP contribution is 2.28. The molecule has 104 valence electrons. The van der Waals surface area contributed by atoms with E-state index in [9.17, 15) is 9.59 Å². The van der Waals surface area contributed by atoms with E-state index in [1.807, 2.05) is 0 Å². The third-order valence-electron chi connectivity index (χ3n) is 2.92. The minimum Gasteiger partial charge on any atom is -0.477 e. The molecule has 1 heterocycles. The lowest BCUT2D eigenvalue weighted by molar-refractivity contribution is 0.0703. The van der Waals surface area contributed by atoms with Crippen LogP contribution in [0.5, 0.6) is 0 Å². The van der Waals surface area contributed by atoms with Gasteiger partial charge in [-0.25, -0.2) is 4.79 Å². The zero-order valence-corrected chi connectivity index (χ0v) is 12.4. The van der Waals surface area contributed by atoms with Gasteiger partial charge in [0.2, 0.25) is 0 Å². The van der Waals surface area contributed by atoms with Crippen molar-refractivity contribution in [1.82, 2.24) is 0 Å². The van der Waals surface area contributed by atoms with Crippen molar-refractivity contribution in [3.63, 3.8) is 0 Å². The molecule has 0 aliphatic carbocycles. The Bertz CT molecular complexity index is 694. The molecular formula is C14H12ClNO3S. The molecule has 1 amide bonds. The molecule has 2 N–H and O–H groups in total. The lowest BCUT2D eigenvalue weighted by Crippen LogP contribution is -2.15. The van der Waals surface area contributed by atoms with Crippen LogP contribution in [0.1, 0.15) is 31.2 Å². The Hall–Kier alpha value is -1.85. The molecule has 0 aliphatic heterocycles. The lowest BCUT2D eigenvalue weighted by atomic mass is 10.1. The average Bonchev–Trinajstić information content (AvgIpc) is 2.74. The fourth-order valence-corrected chi connectivity index (χ4v) is 2.81. The average molecular weight is 310 g/mol. The van der Waals surface area contributed by atoms with E-state index in [1.54, 1.807) is 37.4 Å². The van der Waals surface area contributed by atoms with Crippen molar-refractivity contribution in [2.75, 3.05) is 5.32 Å². The molecule has 0 bridgehead atoms. The van der Waals surface area contributed by atoms with Gasteiger partial charge in [0, 0.05) is 10.6 Å². The number of amides is 1. The largest absolute Gasteiger partial charge is 0.477 e. The molecule has 20 heavy (non-hydrogen) atoms. The summed E-state index contributed by atoms with van der Waals surface area (Å²) in [6.45, 7) is 3.50. The van der Waals surface area contributed by atoms with E-state index in [4.69, 9.17) is 16.7 Å². The molecule has 4 nitrogen and oxygen atoms in total. The number of hydrogen-bond donors (Lipinski definition) is 2. The van der Waals surface area contributed by atoms with Crippen LogP contribution in [0.4, 0.5) is 5.69 Å². The zero-order valence-electron chi connectivity index (χ0n) is 10.9. The van der Waals surface area contributed by atoms with E-state index >= 15 is 0 Å². The third-order valence-corrected chi connectivity index (χ3v) is 4.42. The van der Waals surface area contributed by atoms with Gasteiger partial charge in [0.25, 0.3) is 5.91 Å². The molecular weight excluding hydrogens is 298 g/mol. The van der Waals surface area contributed by atoms with E-state index in [0.29, 0.717) is 21.8 Å². The van der Waals surface area contributed by atoms with E-state index in [2.05, 4.69) is 5.32 Å². The van der Waals surface area contributed by atoms with Crippen molar-refractivity contribution in [1.29, 1.82) is 0 Å². The number of rotatable bonds is 3. The number of carboxylic acid groups (broad SMARTS) is 1. The van der Waals surface area contributed by atoms with E-state index < -0.39 is 5.97 Å². The van der Waals surface area contributed by atoms with Crippen molar-refractivity contribution in [2.45, 2.75) is 13.8 Å². The Morgan fingerprint density at radius 1 is 1.30 bits per heavy atom. The first-order valence-corrected chi connectivity index (χ1v) is 7.05. The minimum atomic E-state index is -1.05. The van der Waals surface area contributed by atoms with Crippen LogP contribution in [-0.2, 0) is 0 Å². The highest BCUT2D eigenvalue weighted by Gasteiger charge is 2.19. The van der Waals surface area contributed by atoms with Crippen molar-refractivity contribution < 1.29 is 14.7 Å². The molecule has 0 radical (unpaired) electrons. The van der Waals surface area contributed by atoms with Crippen molar-refractivity contribution in [3.8, 4) is 0 Å². The topological polar surface area (TPSA) is 66.4 Å². The summed E-state index contributed by atoms with van der Waals surface area (Å²) >= 11 is 7.07. The van der Waals surface area contributed by atoms with Gasteiger partial charge in [0.1, 0.15) is 4.88 Å². The molecule has 2 aromatic rings. The van der Waals surface area contributed by atoms with Crippen LogP contribution >= 0.6 is 22.9 Å². The Morgan fingerprint density at radius 2 is 2.00 bits per heavy atom. The van der Waals surface area contributed by atoms with Crippen molar-refractivity contribution in [3.05, 3.63) is 50.2 Å². The Morgan fingerprint density at radius 3 is 2.65 bits per heavy atom. The summed E-state index contributed by atoms with van der Waals surface area (Å²) in [5.41, 5.74) is 2.16. The quantitative estimate of drug-likeness (QED) is 0.901. The van der Waals surface area contributed by atoms with Gasteiger partial charge in [0.15, 0.2) is 0 Å². The number of hydrogen-bond acceptors (Lipinski definition) is 3. The summed E-state index contributed by atoms with van der Waals surface area (Å²) in [5, 5.41) is 14.0. The number of aromatic carboxylic acids is 1. The van der Waals surface area contributed by atoms with Gasteiger partial charge < -0.3 is 10.4 Å². The normalized spacial score (nSPS) is 10.3. The summed E-state index contributed by atoms with van der Waals surface area (Å²) in [5.74, 6) is -1.42. The van der Waals surface area contributed by atoms with Crippen molar-refractivity contribution in [2.24, 2.45) is 0 Å². The summed E-state index contributed by atoms with van der Waals surface area (Å²) < 4.78 is 0. The highest BCUT2D eigenvalue weighted by atomic mass is 35.5. The Kier molecular flexibility index (Phi) is 4.11. The molecule has 1 aromatic heterocycles. The molecule has 2 rings (SSSR count). The van der Waals surface area contributed by atoms with Gasteiger partial charge in [-0.2, -0.15) is 0 Å². The number of aryl methyl sites for hydroxylation is 1. The second-order valence-corrected chi connectivity index (χ2v) is 5.58.